The molecule has 7 nitrogen and oxygen atoms in total. The minimum Gasteiger partial charge on any atom is -0.504 e. The number of aromatic nitrogens is 1. The first-order valence-corrected chi connectivity index (χ1v) is 12.8. The molecule has 0 radical (unpaired) electrons. The van der Waals surface area contributed by atoms with E-state index in [4.69, 9.17) is 9.47 Å². The van der Waals surface area contributed by atoms with Gasteiger partial charge in [-0.3, -0.25) is 4.98 Å². The fraction of sp³-hybridized carbons (Fsp3) is 0.500. The maximum Gasteiger partial charge on any atom is 0.411 e. The van der Waals surface area contributed by atoms with E-state index < -0.39 is 6.10 Å². The molecule has 5 aliphatic rings. The van der Waals surface area contributed by atoms with Crippen LogP contribution >= 0.6 is 0 Å². The second-order valence-electron chi connectivity index (χ2n) is 10.3. The molecule has 7 heteroatoms. The van der Waals surface area contributed by atoms with E-state index in [2.05, 4.69) is 22.9 Å². The predicted molar refractivity (Wildman–Crippen MR) is 131 cm³/mol. The Kier molecular flexibility index (Phi) is 5.48. The number of amides is 1. The SMILES string of the molecule is CN.O=C(O[C@H]1C=C[C@H]2[C@@H]3CCC[C@@]24c2c(ccc(O)c2O[C@@H]14)C3)N1CCC[C@@H]1c1cccnc1. The van der Waals surface area contributed by atoms with Crippen molar-refractivity contribution in [1.29, 1.82) is 0 Å². The number of ether oxygens (including phenoxy) is 2. The molecule has 1 aromatic heterocycles. The molecule has 6 atom stereocenters. The number of rotatable bonds is 2. The number of nitrogens with two attached hydrogens (primary N) is 1. The molecule has 1 saturated heterocycles. The maximum atomic E-state index is 13.4. The molecule has 2 aromatic rings. The summed E-state index contributed by atoms with van der Waals surface area (Å²) in [4.78, 5) is 19.5. The number of likely N-dealkylation sites (tertiary alicyclic amines) is 1. The number of carbonyl (C=O) groups excluding carboxylic acids is 1. The summed E-state index contributed by atoms with van der Waals surface area (Å²) in [5.74, 6) is 1.76. The smallest absolute Gasteiger partial charge is 0.411 e. The van der Waals surface area contributed by atoms with Gasteiger partial charge in [-0.05, 0) is 80.3 Å². The monoisotopic (exact) mass is 475 g/mol. The molecule has 1 spiro atoms. The molecule has 2 bridgehead atoms. The van der Waals surface area contributed by atoms with Gasteiger partial charge in [-0.25, -0.2) is 4.79 Å². The van der Waals surface area contributed by atoms with Gasteiger partial charge in [-0.2, -0.15) is 0 Å². The van der Waals surface area contributed by atoms with Crippen molar-refractivity contribution in [3.63, 3.8) is 0 Å². The van der Waals surface area contributed by atoms with Crippen molar-refractivity contribution in [2.24, 2.45) is 17.6 Å². The lowest BCUT2D eigenvalue weighted by Gasteiger charge is -2.53. The number of carbonyl (C=O) groups is 1. The normalized spacial score (nSPS) is 33.3. The van der Waals surface area contributed by atoms with Gasteiger partial charge in [-0.1, -0.05) is 24.6 Å². The van der Waals surface area contributed by atoms with Crippen molar-refractivity contribution < 1.29 is 19.4 Å². The summed E-state index contributed by atoms with van der Waals surface area (Å²) >= 11 is 0. The topological polar surface area (TPSA) is 97.9 Å². The van der Waals surface area contributed by atoms with Crippen molar-refractivity contribution in [1.82, 2.24) is 9.88 Å². The Hall–Kier alpha value is -3.06. The zero-order valence-electron chi connectivity index (χ0n) is 20.1. The first-order valence-electron chi connectivity index (χ1n) is 12.8. The van der Waals surface area contributed by atoms with E-state index in [1.54, 1.807) is 12.3 Å². The highest BCUT2D eigenvalue weighted by Gasteiger charge is 2.64. The molecular weight excluding hydrogens is 442 g/mol. The molecular formula is C28H33N3O4. The highest BCUT2D eigenvalue weighted by molar-refractivity contribution is 5.70. The van der Waals surface area contributed by atoms with Crippen molar-refractivity contribution in [2.75, 3.05) is 13.6 Å². The third-order valence-corrected chi connectivity index (χ3v) is 8.79. The van der Waals surface area contributed by atoms with Crippen LogP contribution in [0.15, 0.2) is 48.8 Å². The van der Waals surface area contributed by atoms with Crippen LogP contribution in [0, 0.1) is 11.8 Å². The van der Waals surface area contributed by atoms with Gasteiger partial charge < -0.3 is 25.2 Å². The molecule has 2 fully saturated rings. The maximum absolute atomic E-state index is 13.4. The van der Waals surface area contributed by atoms with Crippen molar-refractivity contribution in [3.8, 4) is 11.5 Å². The molecule has 35 heavy (non-hydrogen) atoms. The minimum absolute atomic E-state index is 0.00392. The fourth-order valence-electron chi connectivity index (χ4n) is 7.55. The number of hydrogen-bond acceptors (Lipinski definition) is 6. The van der Waals surface area contributed by atoms with Gasteiger partial charge in [0.25, 0.3) is 0 Å². The van der Waals surface area contributed by atoms with Crippen LogP contribution in [0.4, 0.5) is 4.79 Å². The van der Waals surface area contributed by atoms with Crippen LogP contribution in [0.1, 0.15) is 54.8 Å². The molecule has 7 rings (SSSR count). The lowest BCUT2D eigenvalue weighted by Crippen LogP contribution is -2.59. The van der Waals surface area contributed by atoms with Gasteiger partial charge in [0.15, 0.2) is 17.6 Å². The second kappa shape index (κ2) is 8.55. The number of phenols is 1. The molecule has 1 aromatic carbocycles. The van der Waals surface area contributed by atoms with Crippen LogP contribution in [0.2, 0.25) is 0 Å². The Morgan fingerprint density at radius 1 is 1.23 bits per heavy atom. The Morgan fingerprint density at radius 3 is 2.94 bits per heavy atom. The predicted octanol–water partition coefficient (Wildman–Crippen LogP) is 4.25. The lowest BCUT2D eigenvalue weighted by molar-refractivity contribution is -0.0417. The van der Waals surface area contributed by atoms with E-state index in [1.165, 1.54) is 24.6 Å². The standard InChI is InChI=1S/C27H28N2O4.CH5N/c30-21-9-7-17-14-16-4-1-11-27-19(16)8-10-22(25(27)33-24(21)23(17)27)32-26(31)29-13-3-6-20(29)18-5-2-12-28-15-18;1-2/h2,5,7-10,12,15-16,19-20,22,25,30H,1,3-4,6,11,13-14H2;2H2,1H3/t16-,19+,20-,22+,25+,27+;/m1./s1. The summed E-state index contributed by atoms with van der Waals surface area (Å²) in [6, 6.07) is 7.76. The largest absolute Gasteiger partial charge is 0.504 e. The van der Waals surface area contributed by atoms with E-state index in [9.17, 15) is 9.90 Å². The number of aromatic hydroxyl groups is 1. The fourth-order valence-corrected chi connectivity index (χ4v) is 7.55. The second-order valence-corrected chi connectivity index (χ2v) is 10.3. The molecule has 3 heterocycles. The minimum atomic E-state index is -0.472. The number of hydrogen-bond donors (Lipinski definition) is 2. The molecule has 2 aliphatic heterocycles. The van der Waals surface area contributed by atoms with Crippen molar-refractivity contribution in [2.45, 2.75) is 62.2 Å². The third kappa shape index (κ3) is 3.20. The zero-order valence-corrected chi connectivity index (χ0v) is 20.1. The zero-order chi connectivity index (χ0) is 24.2. The van der Waals surface area contributed by atoms with Gasteiger partial charge in [0.1, 0.15) is 6.10 Å². The Morgan fingerprint density at radius 2 is 2.11 bits per heavy atom. The van der Waals surface area contributed by atoms with Gasteiger partial charge in [-0.15, -0.1) is 0 Å². The van der Waals surface area contributed by atoms with E-state index in [1.807, 2.05) is 29.3 Å². The van der Waals surface area contributed by atoms with E-state index in [0.717, 1.165) is 37.7 Å². The van der Waals surface area contributed by atoms with Crippen LogP contribution in [0.5, 0.6) is 11.5 Å². The van der Waals surface area contributed by atoms with Gasteiger partial charge in [0.2, 0.25) is 0 Å². The molecule has 0 unspecified atom stereocenters. The van der Waals surface area contributed by atoms with Crippen LogP contribution in [0.25, 0.3) is 0 Å². The summed E-state index contributed by atoms with van der Waals surface area (Å²) in [5, 5.41) is 10.6. The summed E-state index contributed by atoms with van der Waals surface area (Å²) in [7, 11) is 1.50. The highest BCUT2D eigenvalue weighted by atomic mass is 16.6. The van der Waals surface area contributed by atoms with Crippen molar-refractivity contribution in [3.05, 3.63) is 65.5 Å². The number of phenolic OH excluding ortho intramolecular Hbond substituents is 1. The Bertz CT molecular complexity index is 1150. The average Bonchev–Trinajstić information content (AvgIpc) is 3.51. The van der Waals surface area contributed by atoms with E-state index in [0.29, 0.717) is 24.1 Å². The van der Waals surface area contributed by atoms with Crippen molar-refractivity contribution >= 4 is 6.09 Å². The van der Waals surface area contributed by atoms with E-state index in [-0.39, 0.29) is 29.4 Å². The molecule has 3 N–H and O–H groups in total. The third-order valence-electron chi connectivity index (χ3n) is 8.79. The van der Waals surface area contributed by atoms with Crippen LogP contribution in [-0.2, 0) is 16.6 Å². The summed E-state index contributed by atoms with van der Waals surface area (Å²) in [6.45, 7) is 0.682. The van der Waals surface area contributed by atoms with Crippen LogP contribution < -0.4 is 10.5 Å². The summed E-state index contributed by atoms with van der Waals surface area (Å²) in [5.41, 5.74) is 7.81. The highest BCUT2D eigenvalue weighted by Crippen LogP contribution is 2.64. The number of nitrogens with zero attached hydrogens (tertiary/aromatic N) is 2. The Labute approximate surface area is 205 Å². The molecule has 1 saturated carbocycles. The summed E-state index contributed by atoms with van der Waals surface area (Å²) in [6.07, 6.45) is 13.1. The van der Waals surface area contributed by atoms with Crippen LogP contribution in [-0.4, -0.2) is 46.9 Å². The van der Waals surface area contributed by atoms with E-state index >= 15 is 0 Å². The average molecular weight is 476 g/mol. The Balaban J connectivity index is 0.00000112. The quantitative estimate of drug-likeness (QED) is 0.631. The van der Waals surface area contributed by atoms with Gasteiger partial charge in [0.05, 0.1) is 6.04 Å². The number of allylic oxidation sites excluding steroid dienone is 1. The first-order chi connectivity index (χ1) is 17.2. The first kappa shape index (κ1) is 22.4. The van der Waals surface area contributed by atoms with Gasteiger partial charge in [0, 0.05) is 29.9 Å². The number of benzene rings is 1. The summed E-state index contributed by atoms with van der Waals surface area (Å²) < 4.78 is 12.7. The molecule has 1 amide bonds. The van der Waals surface area contributed by atoms with Crippen LogP contribution in [0.3, 0.4) is 0 Å². The molecule has 184 valence electrons. The number of pyridine rings is 1. The van der Waals surface area contributed by atoms with Gasteiger partial charge >= 0.3 is 6.09 Å². The lowest BCUT2D eigenvalue weighted by atomic mass is 9.50. The molecule has 3 aliphatic carbocycles.